The molecule has 0 unspecified atom stereocenters. The Kier molecular flexibility index (Phi) is 7.06. The number of rotatable bonds is 7. The highest BCUT2D eigenvalue weighted by atomic mass is 16.5. The summed E-state index contributed by atoms with van der Waals surface area (Å²) in [6.07, 6.45) is 1.74. The van der Waals surface area contributed by atoms with Crippen LogP contribution in [0.4, 0.5) is 0 Å². The molecule has 0 saturated carbocycles. The quantitative estimate of drug-likeness (QED) is 0.806. The van der Waals surface area contributed by atoms with Gasteiger partial charge in [0.2, 0.25) is 11.8 Å². The van der Waals surface area contributed by atoms with Gasteiger partial charge in [0.15, 0.2) is 0 Å². The molecule has 0 radical (unpaired) electrons. The van der Waals surface area contributed by atoms with Gasteiger partial charge in [0.25, 0.3) is 0 Å². The number of methoxy groups -OCH3 is 1. The Morgan fingerprint density at radius 1 is 1.00 bits per heavy atom. The molecule has 1 saturated heterocycles. The first-order valence-electron chi connectivity index (χ1n) is 8.47. The predicted molar refractivity (Wildman–Crippen MR) is 93.0 cm³/mol. The van der Waals surface area contributed by atoms with Crippen molar-refractivity contribution in [2.24, 2.45) is 0 Å². The molecule has 6 nitrogen and oxygen atoms in total. The number of hydrogen-bond donors (Lipinski definition) is 1. The summed E-state index contributed by atoms with van der Waals surface area (Å²) in [6.45, 7) is 3.23. The van der Waals surface area contributed by atoms with Gasteiger partial charge in [-0.2, -0.15) is 0 Å². The number of hydrogen-bond acceptors (Lipinski definition) is 4. The van der Waals surface area contributed by atoms with Crippen LogP contribution in [-0.4, -0.2) is 68.5 Å². The van der Waals surface area contributed by atoms with Gasteiger partial charge >= 0.3 is 0 Å². The summed E-state index contributed by atoms with van der Waals surface area (Å²) in [5.41, 5.74) is 1.13. The van der Waals surface area contributed by atoms with Crippen molar-refractivity contribution in [2.45, 2.75) is 19.3 Å². The number of piperazine rings is 1. The first-order valence-corrected chi connectivity index (χ1v) is 8.47. The molecule has 1 fully saturated rings. The Morgan fingerprint density at radius 2 is 1.54 bits per heavy atom. The molecule has 1 N–H and O–H groups in total. The average Bonchev–Trinajstić information content (AvgIpc) is 2.64. The number of ether oxygens (including phenoxy) is 1. The molecule has 1 aliphatic heterocycles. The molecule has 1 aromatic rings. The predicted octanol–water partition coefficient (Wildman–Crippen LogP) is 0.908. The van der Waals surface area contributed by atoms with Crippen LogP contribution >= 0.6 is 0 Å². The zero-order valence-electron chi connectivity index (χ0n) is 14.6. The standard InChI is InChI=1S/C18H27N3O3/c1-19-10-9-18(23)21-13-11-20(12-14-21)17(22)8-5-15-3-6-16(24-2)7-4-15/h3-4,6-7,19H,5,8-14H2,1-2H3. The van der Waals surface area contributed by atoms with Crippen LogP contribution in [0.5, 0.6) is 5.75 Å². The van der Waals surface area contributed by atoms with E-state index in [4.69, 9.17) is 4.74 Å². The van der Waals surface area contributed by atoms with Crippen molar-refractivity contribution in [3.05, 3.63) is 29.8 Å². The number of carbonyl (C=O) groups is 2. The number of nitrogens with one attached hydrogen (secondary N) is 1. The van der Waals surface area contributed by atoms with Gasteiger partial charge in [0.1, 0.15) is 5.75 Å². The van der Waals surface area contributed by atoms with Gasteiger partial charge in [-0.1, -0.05) is 12.1 Å². The van der Waals surface area contributed by atoms with E-state index in [0.29, 0.717) is 45.6 Å². The van der Waals surface area contributed by atoms with E-state index in [9.17, 15) is 9.59 Å². The fourth-order valence-electron chi connectivity index (χ4n) is 2.80. The number of nitrogens with zero attached hydrogens (tertiary/aromatic N) is 2. The van der Waals surface area contributed by atoms with Crippen LogP contribution in [0.25, 0.3) is 0 Å². The first-order chi connectivity index (χ1) is 11.6. The van der Waals surface area contributed by atoms with E-state index in [1.54, 1.807) is 7.11 Å². The van der Waals surface area contributed by atoms with Crippen molar-refractivity contribution in [1.82, 2.24) is 15.1 Å². The van der Waals surface area contributed by atoms with Gasteiger partial charge in [-0.05, 0) is 31.2 Å². The van der Waals surface area contributed by atoms with Crippen molar-refractivity contribution >= 4 is 11.8 Å². The maximum Gasteiger partial charge on any atom is 0.223 e. The summed E-state index contributed by atoms with van der Waals surface area (Å²) in [6, 6.07) is 7.81. The van der Waals surface area contributed by atoms with Crippen molar-refractivity contribution < 1.29 is 14.3 Å². The monoisotopic (exact) mass is 333 g/mol. The maximum absolute atomic E-state index is 12.3. The summed E-state index contributed by atoms with van der Waals surface area (Å²) in [4.78, 5) is 28.0. The van der Waals surface area contributed by atoms with Crippen molar-refractivity contribution in [1.29, 1.82) is 0 Å². The summed E-state index contributed by atoms with van der Waals surface area (Å²) in [5.74, 6) is 1.15. The second kappa shape index (κ2) is 9.27. The van der Waals surface area contributed by atoms with Crippen molar-refractivity contribution in [2.75, 3.05) is 46.9 Å². The summed E-state index contributed by atoms with van der Waals surface area (Å²) in [7, 11) is 3.48. The lowest BCUT2D eigenvalue weighted by atomic mass is 10.1. The van der Waals surface area contributed by atoms with Crippen LogP contribution in [0.15, 0.2) is 24.3 Å². The number of amides is 2. The smallest absolute Gasteiger partial charge is 0.223 e. The van der Waals surface area contributed by atoms with Gasteiger partial charge in [-0.25, -0.2) is 0 Å². The lowest BCUT2D eigenvalue weighted by Gasteiger charge is -2.35. The minimum absolute atomic E-state index is 0.160. The van der Waals surface area contributed by atoms with Crippen LogP contribution in [-0.2, 0) is 16.0 Å². The van der Waals surface area contributed by atoms with Gasteiger partial charge in [-0.3, -0.25) is 9.59 Å². The molecular weight excluding hydrogens is 306 g/mol. The molecule has 132 valence electrons. The molecular formula is C18H27N3O3. The van der Waals surface area contributed by atoms with E-state index >= 15 is 0 Å². The normalized spacial score (nSPS) is 14.6. The minimum atomic E-state index is 0.160. The van der Waals surface area contributed by atoms with Gasteiger partial charge in [0.05, 0.1) is 7.11 Å². The third-order valence-corrected chi connectivity index (χ3v) is 4.36. The Balaban J connectivity index is 1.73. The minimum Gasteiger partial charge on any atom is -0.497 e. The van der Waals surface area contributed by atoms with E-state index in [0.717, 1.165) is 17.7 Å². The molecule has 0 aliphatic carbocycles. The molecule has 0 bridgehead atoms. The van der Waals surface area contributed by atoms with E-state index in [1.165, 1.54) is 0 Å². The van der Waals surface area contributed by atoms with Gasteiger partial charge in [0, 0.05) is 45.6 Å². The van der Waals surface area contributed by atoms with Crippen molar-refractivity contribution in [3.8, 4) is 5.75 Å². The van der Waals surface area contributed by atoms with Crippen molar-refractivity contribution in [3.63, 3.8) is 0 Å². The molecule has 2 rings (SSSR count). The van der Waals surface area contributed by atoms with E-state index < -0.39 is 0 Å². The van der Waals surface area contributed by atoms with Crippen LogP contribution in [0.3, 0.4) is 0 Å². The third kappa shape index (κ3) is 5.23. The lowest BCUT2D eigenvalue weighted by molar-refractivity contribution is -0.139. The van der Waals surface area contributed by atoms with Gasteiger partial charge in [-0.15, -0.1) is 0 Å². The highest BCUT2D eigenvalue weighted by Gasteiger charge is 2.23. The largest absolute Gasteiger partial charge is 0.497 e. The summed E-state index contributed by atoms with van der Waals surface area (Å²) < 4.78 is 5.13. The molecule has 2 amide bonds. The van der Waals surface area contributed by atoms with Crippen LogP contribution < -0.4 is 10.1 Å². The van der Waals surface area contributed by atoms with E-state index in [-0.39, 0.29) is 11.8 Å². The number of carbonyl (C=O) groups excluding carboxylic acids is 2. The summed E-state index contributed by atoms with van der Waals surface area (Å²) >= 11 is 0. The maximum atomic E-state index is 12.3. The fraction of sp³-hybridized carbons (Fsp3) is 0.556. The molecule has 0 atom stereocenters. The van der Waals surface area contributed by atoms with Gasteiger partial charge < -0.3 is 19.9 Å². The summed E-state index contributed by atoms with van der Waals surface area (Å²) in [5, 5.41) is 2.98. The Hall–Kier alpha value is -2.08. The fourth-order valence-corrected chi connectivity index (χ4v) is 2.80. The van der Waals surface area contributed by atoms with Crippen LogP contribution in [0.2, 0.25) is 0 Å². The van der Waals surface area contributed by atoms with Crippen LogP contribution in [0, 0.1) is 0 Å². The molecule has 1 heterocycles. The van der Waals surface area contributed by atoms with Crippen LogP contribution in [0.1, 0.15) is 18.4 Å². The zero-order chi connectivity index (χ0) is 17.4. The SMILES string of the molecule is CNCCC(=O)N1CCN(C(=O)CCc2ccc(OC)cc2)CC1. The molecule has 1 aliphatic rings. The first kappa shape index (κ1) is 18.3. The second-order valence-corrected chi connectivity index (χ2v) is 5.96. The topological polar surface area (TPSA) is 61.9 Å². The van der Waals surface area contributed by atoms with E-state index in [2.05, 4.69) is 5.32 Å². The molecule has 1 aromatic carbocycles. The van der Waals surface area contributed by atoms with E-state index in [1.807, 2.05) is 41.1 Å². The molecule has 0 aromatic heterocycles. The molecule has 24 heavy (non-hydrogen) atoms. The third-order valence-electron chi connectivity index (χ3n) is 4.36. The number of benzene rings is 1. The Labute approximate surface area is 143 Å². The second-order valence-electron chi connectivity index (χ2n) is 5.96. The lowest BCUT2D eigenvalue weighted by Crippen LogP contribution is -2.50. The zero-order valence-corrected chi connectivity index (χ0v) is 14.6. The Morgan fingerprint density at radius 3 is 2.04 bits per heavy atom. The highest BCUT2D eigenvalue weighted by Crippen LogP contribution is 2.13. The highest BCUT2D eigenvalue weighted by molar-refractivity contribution is 5.78. The Bertz CT molecular complexity index is 537. The number of aryl methyl sites for hydroxylation is 1. The molecule has 0 spiro atoms. The average molecular weight is 333 g/mol. The molecule has 6 heteroatoms.